The molecule has 0 saturated heterocycles. The third-order valence-electron chi connectivity index (χ3n) is 6.00. The van der Waals surface area contributed by atoms with Gasteiger partial charge in [-0.3, -0.25) is 18.7 Å². The average molecular weight is 472 g/mol. The van der Waals surface area contributed by atoms with Gasteiger partial charge in [0, 0.05) is 18.7 Å². The van der Waals surface area contributed by atoms with Crippen molar-refractivity contribution in [2.45, 2.75) is 39.3 Å². The summed E-state index contributed by atoms with van der Waals surface area (Å²) in [5.74, 6) is 0.606. The van der Waals surface area contributed by atoms with Gasteiger partial charge in [0.05, 0.1) is 24.6 Å². The first-order valence-electron chi connectivity index (χ1n) is 11.7. The molecule has 0 unspecified atom stereocenters. The normalized spacial score (nSPS) is 10.9. The van der Waals surface area contributed by atoms with Crippen molar-refractivity contribution in [3.8, 4) is 5.75 Å². The predicted octanol–water partition coefficient (Wildman–Crippen LogP) is 4.34. The lowest BCUT2D eigenvalue weighted by Crippen LogP contribution is -2.40. The monoisotopic (exact) mass is 471 g/mol. The van der Waals surface area contributed by atoms with Crippen molar-refractivity contribution >= 4 is 22.5 Å². The average Bonchev–Trinajstić information content (AvgIpc) is 2.87. The number of unbranched alkanes of at least 4 members (excludes halogenated alkanes) is 1. The van der Waals surface area contributed by atoms with E-state index in [9.17, 15) is 14.4 Å². The molecule has 0 aliphatic heterocycles. The summed E-state index contributed by atoms with van der Waals surface area (Å²) in [5.41, 5.74) is 2.82. The predicted molar refractivity (Wildman–Crippen MR) is 138 cm³/mol. The van der Waals surface area contributed by atoms with Gasteiger partial charge in [-0.25, -0.2) is 4.79 Å². The Morgan fingerprint density at radius 1 is 0.886 bits per heavy atom. The summed E-state index contributed by atoms with van der Waals surface area (Å²) >= 11 is 0. The molecule has 4 aromatic rings. The van der Waals surface area contributed by atoms with Crippen LogP contribution in [0.15, 0.2) is 82.4 Å². The number of benzene rings is 3. The molecule has 1 aromatic heterocycles. The van der Waals surface area contributed by atoms with E-state index in [2.05, 4.69) is 5.32 Å². The Labute approximate surface area is 203 Å². The Hall–Kier alpha value is -4.13. The Morgan fingerprint density at radius 2 is 1.60 bits per heavy atom. The van der Waals surface area contributed by atoms with Crippen molar-refractivity contribution in [2.75, 3.05) is 12.4 Å². The van der Waals surface area contributed by atoms with Crippen LogP contribution in [0.1, 0.15) is 30.4 Å². The zero-order valence-electron chi connectivity index (χ0n) is 20.0. The summed E-state index contributed by atoms with van der Waals surface area (Å²) in [6.07, 6.45) is 1.39. The SMILES string of the molecule is COc1ccc(NC(=O)CCCCn2c(=O)c3ccccc3n(Cc3ccc(C)cc3)c2=O)cc1. The van der Waals surface area contributed by atoms with Crippen LogP contribution in [-0.4, -0.2) is 22.2 Å². The number of rotatable bonds is 9. The van der Waals surface area contributed by atoms with Gasteiger partial charge in [0.2, 0.25) is 5.91 Å². The van der Waals surface area contributed by atoms with Crippen LogP contribution in [-0.2, 0) is 17.9 Å². The Balaban J connectivity index is 1.46. The molecule has 0 saturated carbocycles. The van der Waals surface area contributed by atoms with Crippen LogP contribution in [0.4, 0.5) is 5.69 Å². The molecule has 1 heterocycles. The van der Waals surface area contributed by atoms with Crippen LogP contribution in [0.2, 0.25) is 0 Å². The van der Waals surface area contributed by atoms with E-state index in [1.165, 1.54) is 4.57 Å². The molecule has 0 radical (unpaired) electrons. The number of anilines is 1. The number of aryl methyl sites for hydroxylation is 1. The zero-order chi connectivity index (χ0) is 24.8. The van der Waals surface area contributed by atoms with E-state index in [0.717, 1.165) is 16.9 Å². The van der Waals surface area contributed by atoms with Crippen molar-refractivity contribution < 1.29 is 9.53 Å². The third kappa shape index (κ3) is 5.69. The first-order valence-corrected chi connectivity index (χ1v) is 11.7. The van der Waals surface area contributed by atoms with E-state index in [4.69, 9.17) is 4.74 Å². The van der Waals surface area contributed by atoms with E-state index >= 15 is 0 Å². The molecule has 180 valence electrons. The number of aromatic nitrogens is 2. The molecular formula is C28H29N3O4. The lowest BCUT2D eigenvalue weighted by molar-refractivity contribution is -0.116. The second-order valence-corrected chi connectivity index (χ2v) is 8.56. The number of fused-ring (bicyclic) bond motifs is 1. The van der Waals surface area contributed by atoms with Gasteiger partial charge in [-0.1, -0.05) is 42.0 Å². The molecule has 7 heteroatoms. The van der Waals surface area contributed by atoms with E-state index in [0.29, 0.717) is 42.4 Å². The van der Waals surface area contributed by atoms with Gasteiger partial charge in [-0.05, 0) is 61.7 Å². The maximum Gasteiger partial charge on any atom is 0.331 e. The molecule has 0 bridgehead atoms. The number of carbonyl (C=O) groups excluding carboxylic acids is 1. The number of carbonyl (C=O) groups is 1. The molecule has 0 atom stereocenters. The number of amides is 1. The van der Waals surface area contributed by atoms with E-state index in [1.807, 2.05) is 37.3 Å². The largest absolute Gasteiger partial charge is 0.497 e. The number of hydrogen-bond acceptors (Lipinski definition) is 4. The fraction of sp³-hybridized carbons (Fsp3) is 0.250. The molecule has 1 N–H and O–H groups in total. The number of methoxy groups -OCH3 is 1. The molecular weight excluding hydrogens is 442 g/mol. The topological polar surface area (TPSA) is 82.3 Å². The summed E-state index contributed by atoms with van der Waals surface area (Å²) in [7, 11) is 1.59. The maximum absolute atomic E-state index is 13.3. The molecule has 0 aliphatic carbocycles. The molecule has 1 amide bonds. The second-order valence-electron chi connectivity index (χ2n) is 8.56. The van der Waals surface area contributed by atoms with Crippen LogP contribution >= 0.6 is 0 Å². The molecule has 7 nitrogen and oxygen atoms in total. The van der Waals surface area contributed by atoms with Crippen LogP contribution in [0, 0.1) is 6.92 Å². The van der Waals surface area contributed by atoms with E-state index in [1.54, 1.807) is 54.1 Å². The Bertz CT molecular complexity index is 1430. The van der Waals surface area contributed by atoms with Gasteiger partial charge in [0.25, 0.3) is 5.56 Å². The number of ether oxygens (including phenoxy) is 1. The van der Waals surface area contributed by atoms with Gasteiger partial charge in [-0.2, -0.15) is 0 Å². The lowest BCUT2D eigenvalue weighted by Gasteiger charge is -2.14. The first kappa shape index (κ1) is 24.0. The van der Waals surface area contributed by atoms with Gasteiger partial charge in [0.15, 0.2) is 0 Å². The van der Waals surface area contributed by atoms with E-state index < -0.39 is 0 Å². The number of hydrogen-bond donors (Lipinski definition) is 1. The van der Waals surface area contributed by atoms with Crippen molar-refractivity contribution in [1.82, 2.24) is 9.13 Å². The highest BCUT2D eigenvalue weighted by Crippen LogP contribution is 2.16. The summed E-state index contributed by atoms with van der Waals surface area (Å²) < 4.78 is 8.06. The third-order valence-corrected chi connectivity index (χ3v) is 6.00. The Morgan fingerprint density at radius 3 is 2.31 bits per heavy atom. The second kappa shape index (κ2) is 10.9. The van der Waals surface area contributed by atoms with Crippen molar-refractivity contribution in [3.63, 3.8) is 0 Å². The summed E-state index contributed by atoms with van der Waals surface area (Å²) in [4.78, 5) is 38.7. The van der Waals surface area contributed by atoms with Crippen molar-refractivity contribution in [2.24, 2.45) is 0 Å². The van der Waals surface area contributed by atoms with Gasteiger partial charge < -0.3 is 10.1 Å². The van der Waals surface area contributed by atoms with Crippen LogP contribution in [0.5, 0.6) is 5.75 Å². The lowest BCUT2D eigenvalue weighted by atomic mass is 10.1. The fourth-order valence-corrected chi connectivity index (χ4v) is 4.05. The number of para-hydroxylation sites is 1. The minimum absolute atomic E-state index is 0.113. The molecule has 0 spiro atoms. The minimum atomic E-state index is -0.336. The fourth-order valence-electron chi connectivity index (χ4n) is 4.05. The van der Waals surface area contributed by atoms with Gasteiger partial charge in [-0.15, -0.1) is 0 Å². The molecule has 35 heavy (non-hydrogen) atoms. The van der Waals surface area contributed by atoms with Gasteiger partial charge >= 0.3 is 5.69 Å². The Kier molecular flexibility index (Phi) is 7.45. The molecule has 3 aromatic carbocycles. The van der Waals surface area contributed by atoms with Crippen LogP contribution in [0.25, 0.3) is 10.9 Å². The van der Waals surface area contributed by atoms with Gasteiger partial charge in [0.1, 0.15) is 5.75 Å². The number of nitrogens with one attached hydrogen (secondary N) is 1. The summed E-state index contributed by atoms with van der Waals surface area (Å²) in [6.45, 7) is 2.65. The quantitative estimate of drug-likeness (QED) is 0.368. The molecule has 0 aliphatic rings. The highest BCUT2D eigenvalue weighted by Gasteiger charge is 2.13. The smallest absolute Gasteiger partial charge is 0.331 e. The van der Waals surface area contributed by atoms with E-state index in [-0.39, 0.29) is 23.7 Å². The highest BCUT2D eigenvalue weighted by atomic mass is 16.5. The van der Waals surface area contributed by atoms with Crippen LogP contribution in [0.3, 0.4) is 0 Å². The highest BCUT2D eigenvalue weighted by molar-refractivity contribution is 5.90. The summed E-state index contributed by atoms with van der Waals surface area (Å²) in [6, 6.07) is 22.3. The maximum atomic E-state index is 13.3. The minimum Gasteiger partial charge on any atom is -0.497 e. The molecule has 0 fully saturated rings. The van der Waals surface area contributed by atoms with Crippen LogP contribution < -0.4 is 21.3 Å². The van der Waals surface area contributed by atoms with Crippen molar-refractivity contribution in [1.29, 1.82) is 0 Å². The summed E-state index contributed by atoms with van der Waals surface area (Å²) in [5, 5.41) is 3.36. The first-order chi connectivity index (χ1) is 17.0. The standard InChI is InChI=1S/C28H29N3O4/c1-20-10-12-21(13-11-20)19-31-25-8-4-3-7-24(25)27(33)30(28(31)34)18-6-5-9-26(32)29-22-14-16-23(35-2)17-15-22/h3-4,7-8,10-17H,5-6,9,18-19H2,1-2H3,(H,29,32). The number of nitrogens with zero attached hydrogens (tertiary/aromatic N) is 2. The zero-order valence-corrected chi connectivity index (χ0v) is 20.0. The van der Waals surface area contributed by atoms with Crippen molar-refractivity contribution in [3.05, 3.63) is 105 Å². The molecule has 4 rings (SSSR count).